The molecule has 0 aliphatic heterocycles. The standard InChI is InChI=1S/C22H15BrN4O2S/c1-2-13-3-6-16(7-4-13)26-27-18(11-24)21-25-19(12-30-21)17-10-14-9-15(23)5-8-20(14)29-22(17)28/h3-10,12,26H,2H2,1H3/b27-18-. The number of hydrogen-bond acceptors (Lipinski definition) is 7. The van der Waals surface area contributed by atoms with E-state index in [-0.39, 0.29) is 5.71 Å². The van der Waals surface area contributed by atoms with Crippen molar-refractivity contribution < 1.29 is 4.42 Å². The fourth-order valence-electron chi connectivity index (χ4n) is 2.84. The third-order valence-electron chi connectivity index (χ3n) is 4.44. The molecular formula is C22H15BrN4O2S. The number of aromatic nitrogens is 1. The Morgan fingerprint density at radius 2 is 2.07 bits per heavy atom. The maximum absolute atomic E-state index is 12.4. The number of halogens is 1. The van der Waals surface area contributed by atoms with Gasteiger partial charge in [0.15, 0.2) is 10.7 Å². The molecule has 0 saturated carbocycles. The van der Waals surface area contributed by atoms with Gasteiger partial charge in [0, 0.05) is 15.2 Å². The zero-order valence-electron chi connectivity index (χ0n) is 15.8. The molecule has 0 saturated heterocycles. The highest BCUT2D eigenvalue weighted by molar-refractivity contribution is 9.10. The molecule has 0 fully saturated rings. The first-order chi connectivity index (χ1) is 14.6. The van der Waals surface area contributed by atoms with E-state index in [9.17, 15) is 10.1 Å². The highest BCUT2D eigenvalue weighted by atomic mass is 79.9. The van der Waals surface area contributed by atoms with E-state index in [1.807, 2.05) is 36.4 Å². The highest BCUT2D eigenvalue weighted by Crippen LogP contribution is 2.25. The monoisotopic (exact) mass is 478 g/mol. The number of nitriles is 1. The Bertz CT molecular complexity index is 1350. The third-order valence-corrected chi connectivity index (χ3v) is 5.78. The van der Waals surface area contributed by atoms with E-state index in [4.69, 9.17) is 4.42 Å². The van der Waals surface area contributed by atoms with Gasteiger partial charge in [-0.1, -0.05) is 35.0 Å². The van der Waals surface area contributed by atoms with Crippen LogP contribution >= 0.6 is 27.3 Å². The van der Waals surface area contributed by atoms with Crippen molar-refractivity contribution in [2.24, 2.45) is 5.10 Å². The van der Waals surface area contributed by atoms with E-state index in [0.717, 1.165) is 22.0 Å². The second-order valence-electron chi connectivity index (χ2n) is 6.40. The summed E-state index contributed by atoms with van der Waals surface area (Å²) in [5.41, 5.74) is 5.82. The van der Waals surface area contributed by atoms with E-state index >= 15 is 0 Å². The summed E-state index contributed by atoms with van der Waals surface area (Å²) in [5.74, 6) is 0. The van der Waals surface area contributed by atoms with Gasteiger partial charge in [-0.25, -0.2) is 9.78 Å². The average Bonchev–Trinajstić information content (AvgIpc) is 3.24. The summed E-state index contributed by atoms with van der Waals surface area (Å²) in [4.78, 5) is 16.8. The quantitative estimate of drug-likeness (QED) is 0.229. The zero-order valence-corrected chi connectivity index (χ0v) is 18.3. The molecule has 0 aliphatic carbocycles. The number of nitrogens with zero attached hydrogens (tertiary/aromatic N) is 3. The van der Waals surface area contributed by atoms with Crippen LogP contribution in [0.3, 0.4) is 0 Å². The Morgan fingerprint density at radius 1 is 1.27 bits per heavy atom. The molecular weight excluding hydrogens is 464 g/mol. The molecule has 6 nitrogen and oxygen atoms in total. The average molecular weight is 479 g/mol. The predicted octanol–water partition coefficient (Wildman–Crippen LogP) is 5.58. The number of fused-ring (bicyclic) bond motifs is 1. The largest absolute Gasteiger partial charge is 0.422 e. The van der Waals surface area contributed by atoms with Crippen molar-refractivity contribution in [3.63, 3.8) is 0 Å². The fraction of sp³-hybridized carbons (Fsp3) is 0.0909. The lowest BCUT2D eigenvalue weighted by Gasteiger charge is -2.02. The summed E-state index contributed by atoms with van der Waals surface area (Å²) >= 11 is 4.66. The molecule has 0 unspecified atom stereocenters. The van der Waals surface area contributed by atoms with Crippen LogP contribution in [0.5, 0.6) is 0 Å². The van der Waals surface area contributed by atoms with Gasteiger partial charge in [0.25, 0.3) is 0 Å². The van der Waals surface area contributed by atoms with Crippen LogP contribution in [0.4, 0.5) is 5.69 Å². The van der Waals surface area contributed by atoms with Crippen molar-refractivity contribution >= 4 is 49.6 Å². The molecule has 2 aromatic carbocycles. The molecule has 8 heteroatoms. The molecule has 148 valence electrons. The van der Waals surface area contributed by atoms with Crippen LogP contribution in [0.2, 0.25) is 0 Å². The number of aryl methyl sites for hydroxylation is 1. The van der Waals surface area contributed by atoms with Crippen molar-refractivity contribution in [2.75, 3.05) is 5.43 Å². The number of hydrogen-bond donors (Lipinski definition) is 1. The second-order valence-corrected chi connectivity index (χ2v) is 8.18. The van der Waals surface area contributed by atoms with E-state index < -0.39 is 5.63 Å². The van der Waals surface area contributed by atoms with E-state index in [0.29, 0.717) is 21.8 Å². The van der Waals surface area contributed by atoms with Crippen LogP contribution in [0.25, 0.3) is 22.2 Å². The van der Waals surface area contributed by atoms with Gasteiger partial charge in [-0.05, 0) is 48.4 Å². The maximum atomic E-state index is 12.4. The van der Waals surface area contributed by atoms with Crippen molar-refractivity contribution in [3.05, 3.63) is 79.4 Å². The summed E-state index contributed by atoms with van der Waals surface area (Å²) in [6.07, 6.45) is 0.953. The molecule has 4 aromatic rings. The number of hydrazone groups is 1. The van der Waals surface area contributed by atoms with E-state index in [1.165, 1.54) is 16.9 Å². The van der Waals surface area contributed by atoms with Crippen molar-refractivity contribution in [3.8, 4) is 17.3 Å². The highest BCUT2D eigenvalue weighted by Gasteiger charge is 2.15. The summed E-state index contributed by atoms with van der Waals surface area (Å²) in [6.45, 7) is 2.09. The van der Waals surface area contributed by atoms with Gasteiger partial charge in [-0.15, -0.1) is 11.3 Å². The number of benzene rings is 2. The Hall–Kier alpha value is -3.28. The van der Waals surface area contributed by atoms with Crippen LogP contribution < -0.4 is 11.1 Å². The minimum atomic E-state index is -0.480. The summed E-state index contributed by atoms with van der Waals surface area (Å²) in [6, 6.07) is 17.0. The SMILES string of the molecule is CCc1ccc(N/N=C(/C#N)c2nc(-c3cc4cc(Br)ccc4oc3=O)cs2)cc1. The molecule has 2 heterocycles. The third kappa shape index (κ3) is 4.17. The van der Waals surface area contributed by atoms with Crippen molar-refractivity contribution in [2.45, 2.75) is 13.3 Å². The lowest BCUT2D eigenvalue weighted by Crippen LogP contribution is -2.04. The molecule has 0 aliphatic rings. The summed E-state index contributed by atoms with van der Waals surface area (Å²) in [7, 11) is 0. The lowest BCUT2D eigenvalue weighted by molar-refractivity contribution is 0.563. The minimum Gasteiger partial charge on any atom is -0.422 e. The molecule has 0 bridgehead atoms. The van der Waals surface area contributed by atoms with Gasteiger partial charge in [0.05, 0.1) is 16.9 Å². The van der Waals surface area contributed by atoms with Crippen molar-refractivity contribution in [1.82, 2.24) is 4.98 Å². The van der Waals surface area contributed by atoms with Gasteiger partial charge in [-0.3, -0.25) is 5.43 Å². The van der Waals surface area contributed by atoms with Crippen LogP contribution in [0.1, 0.15) is 17.5 Å². The van der Waals surface area contributed by atoms with Gasteiger partial charge < -0.3 is 4.42 Å². The molecule has 1 N–H and O–H groups in total. The van der Waals surface area contributed by atoms with Gasteiger partial charge in [0.2, 0.25) is 0 Å². The molecule has 0 radical (unpaired) electrons. The fourth-order valence-corrected chi connectivity index (χ4v) is 3.97. The first-order valence-corrected chi connectivity index (χ1v) is 10.8. The van der Waals surface area contributed by atoms with E-state index in [1.54, 1.807) is 17.5 Å². The molecule has 4 rings (SSSR count). The molecule has 0 atom stereocenters. The Morgan fingerprint density at radius 3 is 2.80 bits per heavy atom. The van der Waals surface area contributed by atoms with Crippen LogP contribution in [0.15, 0.2) is 72.7 Å². The summed E-state index contributed by atoms with van der Waals surface area (Å²) in [5, 5.41) is 16.6. The Labute approximate surface area is 184 Å². The van der Waals surface area contributed by atoms with Crippen molar-refractivity contribution in [1.29, 1.82) is 5.26 Å². The van der Waals surface area contributed by atoms with Crippen LogP contribution in [0, 0.1) is 11.3 Å². The number of nitrogens with one attached hydrogen (secondary N) is 1. The normalized spacial score (nSPS) is 11.4. The first-order valence-electron chi connectivity index (χ1n) is 9.10. The maximum Gasteiger partial charge on any atom is 0.345 e. The van der Waals surface area contributed by atoms with Gasteiger partial charge in [-0.2, -0.15) is 10.4 Å². The predicted molar refractivity (Wildman–Crippen MR) is 123 cm³/mol. The summed E-state index contributed by atoms with van der Waals surface area (Å²) < 4.78 is 6.28. The minimum absolute atomic E-state index is 0.138. The Kier molecular flexibility index (Phi) is 5.74. The van der Waals surface area contributed by atoms with Gasteiger partial charge in [0.1, 0.15) is 11.7 Å². The van der Waals surface area contributed by atoms with E-state index in [2.05, 4.69) is 44.4 Å². The molecule has 0 spiro atoms. The number of anilines is 1. The lowest BCUT2D eigenvalue weighted by atomic mass is 10.1. The molecule has 2 aromatic heterocycles. The second kappa shape index (κ2) is 8.61. The smallest absolute Gasteiger partial charge is 0.345 e. The van der Waals surface area contributed by atoms with Crippen LogP contribution in [-0.4, -0.2) is 10.7 Å². The molecule has 0 amide bonds. The van der Waals surface area contributed by atoms with Crippen LogP contribution in [-0.2, 0) is 6.42 Å². The zero-order chi connectivity index (χ0) is 21.1. The molecule has 30 heavy (non-hydrogen) atoms. The first kappa shape index (κ1) is 20.0. The van der Waals surface area contributed by atoms with Gasteiger partial charge >= 0.3 is 5.63 Å². The Balaban J connectivity index is 1.63. The topological polar surface area (TPSA) is 91.3 Å². The number of rotatable bonds is 5. The number of thiazole rings is 1.